The van der Waals surface area contributed by atoms with E-state index in [1.807, 2.05) is 0 Å². The van der Waals surface area contributed by atoms with Gasteiger partial charge in [0.25, 0.3) is 0 Å². The summed E-state index contributed by atoms with van der Waals surface area (Å²) >= 11 is 0. The smallest absolute Gasteiger partial charge is 0.0719 e. The van der Waals surface area contributed by atoms with Gasteiger partial charge >= 0.3 is 0 Å². The number of hydrogen-bond donors (Lipinski definition) is 0. The molecule has 0 aliphatic heterocycles. The van der Waals surface area contributed by atoms with Gasteiger partial charge in [-0.15, -0.1) is 12.4 Å². The zero-order chi connectivity index (χ0) is 15.2. The topological polar surface area (TPSA) is 9.23 Å². The molecule has 3 aromatic carbocycles. The highest BCUT2D eigenvalue weighted by molar-refractivity contribution is 7.79. The molecule has 0 heterocycles. The molecule has 118 valence electrons. The fraction of sp³-hybridized carbons (Fsp3) is 0.100. The monoisotopic (exact) mass is 342 g/mol. The van der Waals surface area contributed by atoms with E-state index in [2.05, 4.69) is 84.9 Å². The van der Waals surface area contributed by atoms with Crippen molar-refractivity contribution >= 4 is 36.2 Å². The van der Waals surface area contributed by atoms with Gasteiger partial charge in [0.1, 0.15) is 0 Å². The standard InChI is InChI=1S/C20H19OP.ClH/c1-21-16-17-10-8-9-15-20(17)22(18-11-4-2-5-12-18)19-13-6-3-7-14-19;/h2-15H,16H2,1H3;1H. The van der Waals surface area contributed by atoms with Gasteiger partial charge in [0, 0.05) is 7.11 Å². The summed E-state index contributed by atoms with van der Waals surface area (Å²) in [6.07, 6.45) is 0. The second-order valence-corrected chi connectivity index (χ2v) is 7.25. The van der Waals surface area contributed by atoms with Crippen molar-refractivity contribution in [3.63, 3.8) is 0 Å². The van der Waals surface area contributed by atoms with Gasteiger partial charge in [-0.3, -0.25) is 0 Å². The predicted octanol–water partition coefficient (Wildman–Crippen LogP) is 4.01. The Labute approximate surface area is 145 Å². The highest BCUT2D eigenvalue weighted by Crippen LogP contribution is 2.34. The summed E-state index contributed by atoms with van der Waals surface area (Å²) in [7, 11) is 1.20. The minimum absolute atomic E-state index is 0. The lowest BCUT2D eigenvalue weighted by molar-refractivity contribution is 0.185. The third-order valence-electron chi connectivity index (χ3n) is 3.56. The molecule has 0 fully saturated rings. The molecule has 0 radical (unpaired) electrons. The predicted molar refractivity (Wildman–Crippen MR) is 103 cm³/mol. The average Bonchev–Trinajstić information content (AvgIpc) is 2.59. The Balaban J connectivity index is 0.00000192. The van der Waals surface area contributed by atoms with E-state index in [9.17, 15) is 0 Å². The van der Waals surface area contributed by atoms with Crippen LogP contribution in [0.1, 0.15) is 5.56 Å². The van der Waals surface area contributed by atoms with Crippen LogP contribution < -0.4 is 15.9 Å². The van der Waals surface area contributed by atoms with Crippen molar-refractivity contribution in [2.75, 3.05) is 7.11 Å². The number of ether oxygens (including phenoxy) is 1. The van der Waals surface area contributed by atoms with E-state index in [4.69, 9.17) is 4.74 Å². The molecule has 3 rings (SSSR count). The quantitative estimate of drug-likeness (QED) is 0.636. The summed E-state index contributed by atoms with van der Waals surface area (Å²) in [5.74, 6) is 0. The maximum atomic E-state index is 5.40. The van der Waals surface area contributed by atoms with Gasteiger partial charge in [0.15, 0.2) is 0 Å². The number of hydrogen-bond acceptors (Lipinski definition) is 1. The van der Waals surface area contributed by atoms with Crippen LogP contribution in [0.15, 0.2) is 84.9 Å². The van der Waals surface area contributed by atoms with Crippen molar-refractivity contribution in [3.05, 3.63) is 90.5 Å². The van der Waals surface area contributed by atoms with Crippen molar-refractivity contribution < 1.29 is 4.74 Å². The van der Waals surface area contributed by atoms with Gasteiger partial charge in [-0.05, 0) is 29.4 Å². The van der Waals surface area contributed by atoms with E-state index in [0.29, 0.717) is 6.61 Å². The van der Waals surface area contributed by atoms with Crippen LogP contribution in [0, 0.1) is 0 Å². The van der Waals surface area contributed by atoms with E-state index in [0.717, 1.165) is 0 Å². The van der Waals surface area contributed by atoms with Crippen LogP contribution >= 0.6 is 20.3 Å². The van der Waals surface area contributed by atoms with E-state index in [-0.39, 0.29) is 12.4 Å². The van der Waals surface area contributed by atoms with Crippen LogP contribution in [0.5, 0.6) is 0 Å². The number of rotatable bonds is 5. The summed E-state index contributed by atoms with van der Waals surface area (Å²) in [5.41, 5.74) is 1.27. The normalized spacial score (nSPS) is 10.3. The Morgan fingerprint density at radius 1 is 0.696 bits per heavy atom. The van der Waals surface area contributed by atoms with Gasteiger partial charge in [0.05, 0.1) is 6.61 Å². The molecule has 1 nitrogen and oxygen atoms in total. The van der Waals surface area contributed by atoms with Crippen LogP contribution in [-0.2, 0) is 11.3 Å². The van der Waals surface area contributed by atoms with Crippen molar-refractivity contribution in [2.24, 2.45) is 0 Å². The van der Waals surface area contributed by atoms with E-state index in [1.165, 1.54) is 21.5 Å². The molecule has 0 saturated heterocycles. The first kappa shape index (κ1) is 17.7. The lowest BCUT2D eigenvalue weighted by atomic mass is 10.2. The first-order valence-corrected chi connectivity index (χ1v) is 8.71. The maximum Gasteiger partial charge on any atom is 0.0719 e. The first-order valence-electron chi connectivity index (χ1n) is 7.37. The fourth-order valence-corrected chi connectivity index (χ4v) is 5.04. The summed E-state index contributed by atoms with van der Waals surface area (Å²) in [6, 6.07) is 30.1. The van der Waals surface area contributed by atoms with Gasteiger partial charge in [-0.2, -0.15) is 0 Å². The lowest BCUT2D eigenvalue weighted by Gasteiger charge is -2.22. The second kappa shape index (κ2) is 8.84. The SMILES string of the molecule is COCc1ccccc1P(c1ccccc1)c1ccccc1.Cl. The van der Waals surface area contributed by atoms with E-state index >= 15 is 0 Å². The fourth-order valence-electron chi connectivity index (χ4n) is 2.59. The molecule has 0 amide bonds. The molecule has 0 aromatic heterocycles. The Morgan fingerprint density at radius 3 is 1.70 bits per heavy atom. The van der Waals surface area contributed by atoms with Crippen LogP contribution in [-0.4, -0.2) is 7.11 Å². The molecule has 0 unspecified atom stereocenters. The molecular formula is C20H20ClOP. The summed E-state index contributed by atoms with van der Waals surface area (Å²) < 4.78 is 5.40. The summed E-state index contributed by atoms with van der Waals surface area (Å²) in [5, 5.41) is 4.11. The Kier molecular flexibility index (Phi) is 6.80. The molecule has 0 aliphatic rings. The van der Waals surface area contributed by atoms with E-state index in [1.54, 1.807) is 7.11 Å². The highest BCUT2D eigenvalue weighted by atomic mass is 35.5. The van der Waals surface area contributed by atoms with Gasteiger partial charge in [0.2, 0.25) is 0 Å². The molecule has 0 bridgehead atoms. The summed E-state index contributed by atoms with van der Waals surface area (Å²) in [4.78, 5) is 0. The van der Waals surface area contributed by atoms with Crippen molar-refractivity contribution in [3.8, 4) is 0 Å². The maximum absolute atomic E-state index is 5.40. The second-order valence-electron chi connectivity index (χ2n) is 5.07. The molecule has 0 aliphatic carbocycles. The highest BCUT2D eigenvalue weighted by Gasteiger charge is 2.18. The Bertz CT molecular complexity index is 676. The molecule has 3 aromatic rings. The Hall–Kier alpha value is -1.66. The van der Waals surface area contributed by atoms with E-state index < -0.39 is 7.92 Å². The largest absolute Gasteiger partial charge is 0.380 e. The minimum Gasteiger partial charge on any atom is -0.380 e. The molecule has 0 N–H and O–H groups in total. The Morgan fingerprint density at radius 2 is 1.17 bits per heavy atom. The average molecular weight is 343 g/mol. The van der Waals surface area contributed by atoms with Gasteiger partial charge in [-0.25, -0.2) is 0 Å². The zero-order valence-corrected chi connectivity index (χ0v) is 14.8. The third-order valence-corrected chi connectivity index (χ3v) is 6.11. The molecule has 0 spiro atoms. The first-order chi connectivity index (χ1) is 10.9. The lowest BCUT2D eigenvalue weighted by Crippen LogP contribution is -2.23. The van der Waals surface area contributed by atoms with Crippen molar-refractivity contribution in [1.82, 2.24) is 0 Å². The van der Waals surface area contributed by atoms with Crippen molar-refractivity contribution in [1.29, 1.82) is 0 Å². The number of halogens is 1. The van der Waals surface area contributed by atoms with Crippen LogP contribution in [0.2, 0.25) is 0 Å². The third kappa shape index (κ3) is 4.20. The minimum atomic E-state index is -0.558. The zero-order valence-electron chi connectivity index (χ0n) is 13.1. The molecule has 23 heavy (non-hydrogen) atoms. The van der Waals surface area contributed by atoms with Gasteiger partial charge < -0.3 is 4.74 Å². The summed E-state index contributed by atoms with van der Waals surface area (Å²) in [6.45, 7) is 0.647. The number of benzene rings is 3. The number of methoxy groups -OCH3 is 1. The van der Waals surface area contributed by atoms with Crippen molar-refractivity contribution in [2.45, 2.75) is 6.61 Å². The van der Waals surface area contributed by atoms with Crippen LogP contribution in [0.25, 0.3) is 0 Å². The molecule has 3 heteroatoms. The van der Waals surface area contributed by atoms with Crippen LogP contribution in [0.3, 0.4) is 0 Å². The van der Waals surface area contributed by atoms with Gasteiger partial charge in [-0.1, -0.05) is 84.9 Å². The molecule has 0 saturated carbocycles. The molecule has 0 atom stereocenters. The van der Waals surface area contributed by atoms with Crippen LogP contribution in [0.4, 0.5) is 0 Å². The molecular weight excluding hydrogens is 323 g/mol.